The number of rotatable bonds is 6. The predicted molar refractivity (Wildman–Crippen MR) is 241 cm³/mol. The first-order valence-electron chi connectivity index (χ1n) is 22.9. The number of aryl methyl sites for hydroxylation is 1. The maximum atomic E-state index is 16.4. The van der Waals surface area contributed by atoms with Gasteiger partial charge >= 0.3 is 5.69 Å². The Balaban J connectivity index is 0.821. The van der Waals surface area contributed by atoms with E-state index in [4.69, 9.17) is 23.2 Å². The second-order valence-electron chi connectivity index (χ2n) is 19.1. The Morgan fingerprint density at radius 1 is 0.892 bits per heavy atom. The number of anilines is 1. The van der Waals surface area contributed by atoms with Crippen molar-refractivity contribution in [2.75, 3.05) is 18.4 Å². The van der Waals surface area contributed by atoms with Crippen LogP contribution in [0.15, 0.2) is 59.4 Å². The molecular formula is C48H52Cl2FN7O7. The number of carbonyl (C=O) groups excluding carboxylic acids is 5. The summed E-state index contributed by atoms with van der Waals surface area (Å²) in [6.07, 6.45) is 5.24. The van der Waals surface area contributed by atoms with E-state index in [9.17, 15) is 33.9 Å². The van der Waals surface area contributed by atoms with Crippen LogP contribution in [0.5, 0.6) is 0 Å². The SMILES string of the molecule is Cn1c(=O)n(C2CCC(=O)NC2=O)c2ccc(C3CCN(C(=O)C4CCC(NC(=O)[C@@H]5NC6(CCCC(O)C6)[C@@]6(C(=O)Nc7cc(Cl)ccc76)[C@H]5c5cccc(Cl)c5F)CC4)CC3)cc21. The standard InChI is InChI=1S/C48H52Cl2FN7O7/c1-56-37-22-27(9-14-35(37)58(46(56)65)36-15-16-38(60)54-42(36)61)25-17-20-57(21-18-25)44(63)26-7-11-29(12-8-26)52-43(62)41-39(31-5-2-6-33(50)40(31)51)48(47(55-41)19-3-4-30(59)24-47)32-13-10-28(49)23-34(32)53-45(48)64/h2,5-6,9-10,13-14,22-23,25-26,29-30,36,39,41,55,59H,3-4,7-8,11-12,15-21,24H2,1H3,(H,52,62)(H,53,64)(H,54,60,61)/t26?,29?,30?,36?,39-,41+,47?,48+/m0/s1. The number of fused-ring (bicyclic) bond motifs is 4. The monoisotopic (exact) mass is 927 g/mol. The minimum atomic E-state index is -1.49. The van der Waals surface area contributed by atoms with Crippen molar-refractivity contribution in [2.24, 2.45) is 13.0 Å². The summed E-state index contributed by atoms with van der Waals surface area (Å²) >= 11 is 12.8. The van der Waals surface area contributed by atoms with Gasteiger partial charge in [-0.05, 0) is 124 Å². The van der Waals surface area contributed by atoms with E-state index in [-0.39, 0.29) is 71.1 Å². The number of piperidine rings is 2. The van der Waals surface area contributed by atoms with E-state index in [1.807, 2.05) is 23.1 Å². The van der Waals surface area contributed by atoms with Gasteiger partial charge in [0.1, 0.15) is 17.3 Å². The summed E-state index contributed by atoms with van der Waals surface area (Å²) in [5.74, 6) is -3.26. The number of aromatic nitrogens is 2. The summed E-state index contributed by atoms with van der Waals surface area (Å²) in [6.45, 7) is 1.18. The Hall–Kier alpha value is -5.09. The number of imidazole rings is 1. The van der Waals surface area contributed by atoms with E-state index in [2.05, 4.69) is 21.3 Å². The van der Waals surface area contributed by atoms with Crippen molar-refractivity contribution >= 4 is 69.5 Å². The lowest BCUT2D eigenvalue weighted by atomic mass is 9.55. The van der Waals surface area contributed by atoms with E-state index in [0.29, 0.717) is 85.3 Å². The molecule has 342 valence electrons. The second-order valence-corrected chi connectivity index (χ2v) is 20.0. The van der Waals surface area contributed by atoms with Gasteiger partial charge in [-0.3, -0.25) is 43.7 Å². The van der Waals surface area contributed by atoms with Gasteiger partial charge in [0.15, 0.2) is 0 Å². The van der Waals surface area contributed by atoms with Crippen LogP contribution in [-0.4, -0.2) is 85.5 Å². The van der Waals surface area contributed by atoms with Gasteiger partial charge in [0.2, 0.25) is 29.5 Å². The van der Waals surface area contributed by atoms with Crippen LogP contribution >= 0.6 is 23.2 Å². The molecular weight excluding hydrogens is 876 g/mol. The molecule has 5 amide bonds. The molecule has 3 saturated heterocycles. The topological polar surface area (TPSA) is 184 Å². The Kier molecular flexibility index (Phi) is 11.2. The normalized spacial score (nSPS) is 30.5. The highest BCUT2D eigenvalue weighted by Crippen LogP contribution is 2.63. The summed E-state index contributed by atoms with van der Waals surface area (Å²) in [5.41, 5.74) is 0.702. The molecule has 2 saturated carbocycles. The van der Waals surface area contributed by atoms with Gasteiger partial charge in [0.25, 0.3) is 0 Å². The van der Waals surface area contributed by atoms with Gasteiger partial charge in [-0.1, -0.05) is 47.5 Å². The fourth-order valence-corrected chi connectivity index (χ4v) is 12.9. The van der Waals surface area contributed by atoms with E-state index in [1.165, 1.54) is 10.6 Å². The third kappa shape index (κ3) is 7.10. The average Bonchev–Trinajstić information content (AvgIpc) is 3.84. The Morgan fingerprint density at radius 2 is 1.66 bits per heavy atom. The maximum Gasteiger partial charge on any atom is 0.329 e. The number of aliphatic hydroxyl groups excluding tert-OH is 1. The van der Waals surface area contributed by atoms with E-state index < -0.39 is 52.7 Å². The third-order valence-corrected chi connectivity index (χ3v) is 16.2. The van der Waals surface area contributed by atoms with Crippen molar-refractivity contribution in [1.82, 2.24) is 30.0 Å². The fraction of sp³-hybridized carbons (Fsp3) is 0.500. The molecule has 1 aromatic heterocycles. The molecule has 65 heavy (non-hydrogen) atoms. The molecule has 6 atom stereocenters. The van der Waals surface area contributed by atoms with Gasteiger partial charge in [-0.2, -0.15) is 0 Å². The first kappa shape index (κ1) is 43.8. The van der Waals surface area contributed by atoms with Crippen molar-refractivity contribution in [3.8, 4) is 0 Å². The van der Waals surface area contributed by atoms with Gasteiger partial charge < -0.3 is 20.6 Å². The highest BCUT2D eigenvalue weighted by molar-refractivity contribution is 6.31. The number of likely N-dealkylation sites (tertiary alicyclic amines) is 1. The van der Waals surface area contributed by atoms with Gasteiger partial charge in [0.05, 0.1) is 28.2 Å². The summed E-state index contributed by atoms with van der Waals surface area (Å²) in [5, 5.41) is 23.6. The smallest absolute Gasteiger partial charge is 0.329 e. The predicted octanol–water partition coefficient (Wildman–Crippen LogP) is 5.46. The molecule has 0 radical (unpaired) electrons. The maximum absolute atomic E-state index is 16.4. The lowest BCUT2D eigenvalue weighted by Crippen LogP contribution is -2.62. The molecule has 5 N–H and O–H groups in total. The van der Waals surface area contributed by atoms with E-state index in [1.54, 1.807) is 41.9 Å². The summed E-state index contributed by atoms with van der Waals surface area (Å²) in [6, 6.07) is 13.5. The number of carbonyl (C=O) groups is 5. The van der Waals surface area contributed by atoms with Crippen LogP contribution < -0.4 is 27.0 Å². The molecule has 6 aliphatic rings. The lowest BCUT2D eigenvalue weighted by molar-refractivity contribution is -0.138. The van der Waals surface area contributed by atoms with Crippen LogP contribution in [-0.2, 0) is 36.4 Å². The molecule has 2 spiro atoms. The van der Waals surface area contributed by atoms with Crippen LogP contribution in [0, 0.1) is 11.7 Å². The summed E-state index contributed by atoms with van der Waals surface area (Å²) < 4.78 is 19.4. The van der Waals surface area contributed by atoms with E-state index >= 15 is 4.39 Å². The van der Waals surface area contributed by atoms with Crippen LogP contribution in [0.25, 0.3) is 11.0 Å². The number of benzene rings is 3. The second kappa shape index (κ2) is 16.7. The van der Waals surface area contributed by atoms with Gasteiger partial charge in [-0.25, -0.2) is 9.18 Å². The number of amides is 5. The van der Waals surface area contributed by atoms with Crippen molar-refractivity contribution < 1.29 is 33.5 Å². The molecule has 5 heterocycles. The summed E-state index contributed by atoms with van der Waals surface area (Å²) in [7, 11) is 1.68. The first-order valence-corrected chi connectivity index (χ1v) is 23.6. The van der Waals surface area contributed by atoms with Crippen molar-refractivity contribution in [2.45, 2.75) is 124 Å². The Bertz CT molecular complexity index is 2710. The minimum absolute atomic E-state index is 0.104. The van der Waals surface area contributed by atoms with Crippen molar-refractivity contribution in [1.29, 1.82) is 0 Å². The molecule has 0 bridgehead atoms. The zero-order valence-electron chi connectivity index (χ0n) is 36.0. The number of aliphatic hydroxyl groups is 1. The lowest BCUT2D eigenvalue weighted by Gasteiger charge is -2.48. The van der Waals surface area contributed by atoms with Crippen LogP contribution in [0.4, 0.5) is 10.1 Å². The molecule has 5 fully saturated rings. The average molecular weight is 929 g/mol. The minimum Gasteiger partial charge on any atom is -0.393 e. The van der Waals surface area contributed by atoms with Gasteiger partial charge in [-0.15, -0.1) is 0 Å². The quantitative estimate of drug-likeness (QED) is 0.158. The molecule has 2 aliphatic carbocycles. The highest BCUT2D eigenvalue weighted by atomic mass is 35.5. The molecule has 14 nitrogen and oxygen atoms in total. The molecule has 4 aliphatic heterocycles. The number of nitrogens with zero attached hydrogens (tertiary/aromatic N) is 3. The molecule has 17 heteroatoms. The number of halogens is 3. The fourth-order valence-electron chi connectivity index (χ4n) is 12.6. The van der Waals surface area contributed by atoms with Crippen LogP contribution in [0.2, 0.25) is 10.0 Å². The van der Waals surface area contributed by atoms with Gasteiger partial charge in [0, 0.05) is 60.7 Å². The first-order chi connectivity index (χ1) is 31.2. The van der Waals surface area contributed by atoms with Crippen LogP contribution in [0.3, 0.4) is 0 Å². The summed E-state index contributed by atoms with van der Waals surface area (Å²) in [4.78, 5) is 83.1. The third-order valence-electron chi connectivity index (χ3n) is 15.7. The number of nitrogens with one attached hydrogen (secondary N) is 4. The molecule has 3 aromatic carbocycles. The zero-order valence-corrected chi connectivity index (χ0v) is 37.5. The number of hydrogen-bond acceptors (Lipinski definition) is 8. The Morgan fingerprint density at radius 3 is 2.40 bits per heavy atom. The van der Waals surface area contributed by atoms with Crippen molar-refractivity contribution in [3.05, 3.63) is 97.6 Å². The van der Waals surface area contributed by atoms with E-state index in [0.717, 1.165) is 18.4 Å². The molecule has 10 rings (SSSR count). The Labute approximate surface area is 384 Å². The molecule has 3 unspecified atom stereocenters. The largest absolute Gasteiger partial charge is 0.393 e. The highest BCUT2D eigenvalue weighted by Gasteiger charge is 2.73. The number of hydrogen-bond donors (Lipinski definition) is 5. The molecule has 4 aromatic rings. The van der Waals surface area contributed by atoms with Crippen LogP contribution in [0.1, 0.15) is 112 Å². The van der Waals surface area contributed by atoms with Crippen molar-refractivity contribution in [3.63, 3.8) is 0 Å². The zero-order chi connectivity index (χ0) is 45.5. The number of imide groups is 1.